The van der Waals surface area contributed by atoms with Crippen LogP contribution in [0.25, 0.3) is 0 Å². The fourth-order valence-corrected chi connectivity index (χ4v) is 9.95. The summed E-state index contributed by atoms with van der Waals surface area (Å²) in [4.78, 5) is 37.6. The molecule has 0 rings (SSSR count). The average Bonchev–Trinajstić information content (AvgIpc) is 3.42. The molecule has 0 spiro atoms. The zero-order chi connectivity index (χ0) is 57.6. The van der Waals surface area contributed by atoms with Gasteiger partial charge in [-0.1, -0.05) is 306 Å². The third-order valence-electron chi connectivity index (χ3n) is 15.1. The summed E-state index contributed by atoms with van der Waals surface area (Å²) >= 11 is 0. The number of nitrogens with zero attached hydrogens (tertiary/aromatic N) is 1. The van der Waals surface area contributed by atoms with Crippen molar-refractivity contribution in [2.24, 2.45) is 0 Å². The van der Waals surface area contributed by atoms with Crippen molar-refractivity contribution < 1.29 is 42.9 Å². The lowest BCUT2D eigenvalue weighted by molar-refractivity contribution is -0.870. The van der Waals surface area contributed by atoms with Crippen LogP contribution in [-0.4, -0.2) is 87.4 Å². The maximum Gasteiger partial charge on any atom is 0.361 e. The van der Waals surface area contributed by atoms with Crippen LogP contribution < -0.4 is 0 Å². The van der Waals surface area contributed by atoms with Crippen molar-refractivity contribution in [2.45, 2.75) is 334 Å². The third-order valence-corrected chi connectivity index (χ3v) is 15.1. The molecular formula is C70H130NO8+. The lowest BCUT2D eigenvalue weighted by Gasteiger charge is -2.25. The number of aliphatic carboxylic acids is 1. The van der Waals surface area contributed by atoms with Crippen LogP contribution in [0.15, 0.2) is 48.6 Å². The average molecular weight is 1110 g/mol. The Hall–Kier alpha value is -2.75. The molecule has 0 aromatic rings. The lowest BCUT2D eigenvalue weighted by atomic mass is 10.0. The van der Waals surface area contributed by atoms with Crippen LogP contribution in [-0.2, 0) is 33.3 Å². The number of likely N-dealkylation sites (N-methyl/N-ethyl adjacent to an activating group) is 1. The van der Waals surface area contributed by atoms with Crippen molar-refractivity contribution in [1.29, 1.82) is 0 Å². The molecule has 0 aliphatic rings. The van der Waals surface area contributed by atoms with Gasteiger partial charge in [-0.3, -0.25) is 9.59 Å². The van der Waals surface area contributed by atoms with E-state index in [2.05, 4.69) is 62.5 Å². The molecule has 0 saturated carbocycles. The number of hydrogen-bond acceptors (Lipinski definition) is 7. The molecular weight excluding hydrogens is 983 g/mol. The number of esters is 2. The van der Waals surface area contributed by atoms with Crippen LogP contribution >= 0.6 is 0 Å². The van der Waals surface area contributed by atoms with Crippen molar-refractivity contribution in [1.82, 2.24) is 0 Å². The molecule has 9 heteroatoms. The van der Waals surface area contributed by atoms with Gasteiger partial charge in [0.25, 0.3) is 6.29 Å². The van der Waals surface area contributed by atoms with Crippen molar-refractivity contribution >= 4 is 17.9 Å². The van der Waals surface area contributed by atoms with Gasteiger partial charge >= 0.3 is 17.9 Å². The maximum absolute atomic E-state index is 12.9. The molecule has 1 N–H and O–H groups in total. The fourth-order valence-electron chi connectivity index (χ4n) is 9.95. The Bertz CT molecular complexity index is 1430. The molecule has 0 aromatic carbocycles. The van der Waals surface area contributed by atoms with Gasteiger partial charge in [0.15, 0.2) is 6.10 Å². The minimum absolute atomic E-state index is 0.178. The number of carbonyl (C=O) groups is 3. The minimum Gasteiger partial charge on any atom is -0.477 e. The Morgan fingerprint density at radius 3 is 1.08 bits per heavy atom. The summed E-state index contributed by atoms with van der Waals surface area (Å²) < 4.78 is 23.0. The zero-order valence-corrected chi connectivity index (χ0v) is 52.8. The van der Waals surface area contributed by atoms with Crippen LogP contribution in [0, 0.1) is 0 Å². The molecule has 2 unspecified atom stereocenters. The number of allylic oxidation sites excluding steroid dienone is 8. The van der Waals surface area contributed by atoms with E-state index in [0.29, 0.717) is 17.4 Å². The van der Waals surface area contributed by atoms with E-state index in [-0.39, 0.29) is 38.2 Å². The number of quaternary nitrogens is 1. The van der Waals surface area contributed by atoms with Crippen LogP contribution in [0.3, 0.4) is 0 Å². The third kappa shape index (κ3) is 62.7. The first-order chi connectivity index (χ1) is 38.6. The molecule has 79 heavy (non-hydrogen) atoms. The first-order valence-corrected chi connectivity index (χ1v) is 33.8. The lowest BCUT2D eigenvalue weighted by Crippen LogP contribution is -2.40. The molecule has 0 saturated heterocycles. The van der Waals surface area contributed by atoms with E-state index in [9.17, 15) is 19.5 Å². The molecule has 0 radical (unpaired) electrons. The highest BCUT2D eigenvalue weighted by Gasteiger charge is 2.25. The van der Waals surface area contributed by atoms with E-state index in [1.165, 1.54) is 231 Å². The molecule has 2 atom stereocenters. The number of carboxylic acid groups (broad SMARTS) is 1. The van der Waals surface area contributed by atoms with Crippen molar-refractivity contribution in [3.05, 3.63) is 48.6 Å². The van der Waals surface area contributed by atoms with Crippen molar-refractivity contribution in [2.75, 3.05) is 47.5 Å². The second kappa shape index (κ2) is 61.3. The largest absolute Gasteiger partial charge is 0.477 e. The smallest absolute Gasteiger partial charge is 0.361 e. The van der Waals surface area contributed by atoms with Gasteiger partial charge in [-0.2, -0.15) is 0 Å². The maximum atomic E-state index is 12.9. The topological polar surface area (TPSA) is 108 Å². The van der Waals surface area contributed by atoms with E-state index in [4.69, 9.17) is 18.9 Å². The summed E-state index contributed by atoms with van der Waals surface area (Å²) in [6, 6.07) is 0. The first-order valence-electron chi connectivity index (χ1n) is 33.8. The van der Waals surface area contributed by atoms with Crippen molar-refractivity contribution in [3.63, 3.8) is 0 Å². The van der Waals surface area contributed by atoms with E-state index in [1.807, 2.05) is 21.1 Å². The van der Waals surface area contributed by atoms with Gasteiger partial charge < -0.3 is 28.5 Å². The predicted octanol–water partition coefficient (Wildman–Crippen LogP) is 20.6. The van der Waals surface area contributed by atoms with E-state index >= 15 is 0 Å². The number of ether oxygens (including phenoxy) is 4. The summed E-state index contributed by atoms with van der Waals surface area (Å²) in [6.45, 7) is 4.82. The Morgan fingerprint density at radius 2 is 0.722 bits per heavy atom. The van der Waals surface area contributed by atoms with Crippen LogP contribution in [0.1, 0.15) is 322 Å². The quantitative estimate of drug-likeness (QED) is 0.0211. The van der Waals surface area contributed by atoms with Gasteiger partial charge in [0.1, 0.15) is 13.2 Å². The number of carboxylic acids is 1. The Morgan fingerprint density at radius 1 is 0.392 bits per heavy atom. The molecule has 9 nitrogen and oxygen atoms in total. The number of rotatable bonds is 63. The molecule has 462 valence electrons. The van der Waals surface area contributed by atoms with E-state index < -0.39 is 18.4 Å². The summed E-state index contributed by atoms with van der Waals surface area (Å²) in [6.07, 6.45) is 75.0. The SMILES string of the molecule is CC/C=C\C/C=C\C/C=C\C/C=C\CCCCCCCCCCCCCCCCC(=O)OC(COC(=O)CCCCCCCCCCCCCCCCCCCCCCCCCCCCC)COC(OCC[N+](C)(C)C)C(=O)O. The number of unbranched alkanes of at least 4 members (excludes halogenated alkanes) is 40. The summed E-state index contributed by atoms with van der Waals surface area (Å²) in [7, 11) is 5.98. The molecule has 0 fully saturated rings. The minimum atomic E-state index is -1.51. The van der Waals surface area contributed by atoms with Gasteiger partial charge in [-0.05, 0) is 51.4 Å². The molecule has 0 bridgehead atoms. The van der Waals surface area contributed by atoms with Crippen molar-refractivity contribution in [3.8, 4) is 0 Å². The zero-order valence-electron chi connectivity index (χ0n) is 52.8. The number of hydrogen-bond donors (Lipinski definition) is 1. The second-order valence-corrected chi connectivity index (χ2v) is 24.1. The van der Waals surface area contributed by atoms with Gasteiger partial charge in [0, 0.05) is 12.8 Å². The van der Waals surface area contributed by atoms with Crippen LogP contribution in [0.5, 0.6) is 0 Å². The van der Waals surface area contributed by atoms with Crippen LogP contribution in [0.2, 0.25) is 0 Å². The summed E-state index contributed by atoms with van der Waals surface area (Å²) in [5, 5.41) is 9.74. The monoisotopic (exact) mass is 1110 g/mol. The fraction of sp³-hybridized carbons (Fsp3) is 0.843. The molecule has 0 aliphatic carbocycles. The normalized spacial score (nSPS) is 13.0. The predicted molar refractivity (Wildman–Crippen MR) is 337 cm³/mol. The van der Waals surface area contributed by atoms with Crippen LogP contribution in [0.4, 0.5) is 0 Å². The Balaban J connectivity index is 4.10. The van der Waals surface area contributed by atoms with Gasteiger partial charge in [0.2, 0.25) is 0 Å². The summed E-state index contributed by atoms with van der Waals surface area (Å²) in [5.41, 5.74) is 0. The van der Waals surface area contributed by atoms with E-state index in [1.54, 1.807) is 0 Å². The number of carbonyl (C=O) groups excluding carboxylic acids is 2. The molecule has 0 heterocycles. The highest BCUT2D eigenvalue weighted by Crippen LogP contribution is 2.18. The summed E-state index contributed by atoms with van der Waals surface area (Å²) in [5.74, 6) is -1.98. The second-order valence-electron chi connectivity index (χ2n) is 24.1. The Labute approximate surface area is 489 Å². The van der Waals surface area contributed by atoms with Gasteiger partial charge in [-0.25, -0.2) is 4.79 Å². The van der Waals surface area contributed by atoms with Gasteiger partial charge in [0.05, 0.1) is 34.4 Å². The molecule has 0 amide bonds. The van der Waals surface area contributed by atoms with E-state index in [0.717, 1.165) is 64.2 Å². The first kappa shape index (κ1) is 76.2. The van der Waals surface area contributed by atoms with Gasteiger partial charge in [-0.15, -0.1) is 0 Å². The highest BCUT2D eigenvalue weighted by molar-refractivity contribution is 5.71. The molecule has 0 aliphatic heterocycles. The molecule has 0 aromatic heterocycles. The Kier molecular flexibility index (Phi) is 59.2. The standard InChI is InChI=1S/C70H129NO8/c1-6-8-10-12-14-16-18-20-22-24-26-28-30-32-34-36-38-40-42-44-46-48-50-52-54-56-58-60-67(72)77-64-66(65-78-70(69(74)75)76-63-62-71(3,4)5)79-68(73)61-59-57-55-53-51-49-47-45-43-41-39-37-35-33-31-29-27-25-23-21-19-17-15-13-11-9-7-2/h9,11,15,17,21,23,27,29,66,70H,6-8,10,12-14,16,18-20,22,24-26,28,30-65H2,1-5H3/p+1/b11-9-,17-15-,23-21-,29-27-. The highest BCUT2D eigenvalue weighted by atomic mass is 16.7.